The van der Waals surface area contributed by atoms with Crippen molar-refractivity contribution >= 4 is 32.7 Å². The van der Waals surface area contributed by atoms with E-state index in [4.69, 9.17) is 5.11 Å². The second-order valence-corrected chi connectivity index (χ2v) is 6.24. The topological polar surface area (TPSA) is 91.8 Å². The molecule has 0 bridgehead atoms. The molecule has 7 heteroatoms. The average molecular weight is 291 g/mol. The van der Waals surface area contributed by atoms with Crippen LogP contribution in [-0.2, 0) is 14.8 Å². The van der Waals surface area contributed by atoms with Gasteiger partial charge in [0.05, 0.1) is 5.56 Å². The van der Waals surface area contributed by atoms with Crippen LogP contribution in [0.5, 0.6) is 0 Å². The van der Waals surface area contributed by atoms with Crippen LogP contribution in [0.2, 0.25) is 0 Å². The zero-order valence-corrected chi connectivity index (χ0v) is 10.9. The molecule has 0 saturated carbocycles. The predicted octanol–water partition coefficient (Wildman–Crippen LogP) is 1.07. The molecule has 0 saturated heterocycles. The summed E-state index contributed by atoms with van der Waals surface area (Å²) in [6, 6.07) is 9.90. The number of nitrogens with zero attached hydrogens (tertiary/aromatic N) is 1. The standard InChI is InChI=1S/C13H9NO5S/c15-12(16)7-14-13(17)10-5-8-3-1-2-4-9(8)6-11(10)20(14,18)19/h1-6H,7H2,(H,15,16). The molecule has 102 valence electrons. The number of hydrogen-bond acceptors (Lipinski definition) is 4. The second-order valence-electron chi connectivity index (χ2n) is 4.41. The Morgan fingerprint density at radius 3 is 2.35 bits per heavy atom. The smallest absolute Gasteiger partial charge is 0.324 e. The molecule has 1 heterocycles. The maximum atomic E-state index is 12.2. The Kier molecular flexibility index (Phi) is 2.55. The molecule has 2 aromatic carbocycles. The van der Waals surface area contributed by atoms with E-state index in [0.717, 1.165) is 5.39 Å². The number of sulfonamides is 1. The van der Waals surface area contributed by atoms with Crippen molar-refractivity contribution < 1.29 is 23.1 Å². The number of amides is 1. The Hall–Kier alpha value is -2.41. The third kappa shape index (κ3) is 1.67. The van der Waals surface area contributed by atoms with Crippen LogP contribution in [0.4, 0.5) is 0 Å². The molecule has 0 unspecified atom stereocenters. The van der Waals surface area contributed by atoms with Gasteiger partial charge in [-0.15, -0.1) is 0 Å². The third-order valence-corrected chi connectivity index (χ3v) is 4.92. The molecule has 0 fully saturated rings. The van der Waals surface area contributed by atoms with Crippen LogP contribution in [0.1, 0.15) is 10.4 Å². The lowest BCUT2D eigenvalue weighted by molar-refractivity contribution is -0.136. The lowest BCUT2D eigenvalue weighted by atomic mass is 10.1. The van der Waals surface area contributed by atoms with Crippen molar-refractivity contribution in [3.05, 3.63) is 42.0 Å². The van der Waals surface area contributed by atoms with Gasteiger partial charge in [0.15, 0.2) is 0 Å². The predicted molar refractivity (Wildman–Crippen MR) is 69.8 cm³/mol. The summed E-state index contributed by atoms with van der Waals surface area (Å²) in [7, 11) is -4.08. The summed E-state index contributed by atoms with van der Waals surface area (Å²) >= 11 is 0. The molecule has 2 aromatic rings. The number of rotatable bonds is 2. The molecule has 0 aliphatic carbocycles. The minimum Gasteiger partial charge on any atom is -0.480 e. The van der Waals surface area contributed by atoms with Crippen LogP contribution in [0.25, 0.3) is 10.8 Å². The maximum Gasteiger partial charge on any atom is 0.324 e. The highest BCUT2D eigenvalue weighted by atomic mass is 32.2. The van der Waals surface area contributed by atoms with Crippen LogP contribution in [0.15, 0.2) is 41.3 Å². The maximum absolute atomic E-state index is 12.2. The van der Waals surface area contributed by atoms with E-state index in [0.29, 0.717) is 9.69 Å². The molecule has 0 spiro atoms. The van der Waals surface area contributed by atoms with E-state index >= 15 is 0 Å². The van der Waals surface area contributed by atoms with Gasteiger partial charge in [-0.2, -0.15) is 0 Å². The monoisotopic (exact) mass is 291 g/mol. The van der Waals surface area contributed by atoms with Crippen molar-refractivity contribution in [2.24, 2.45) is 0 Å². The van der Waals surface area contributed by atoms with Crippen molar-refractivity contribution in [1.82, 2.24) is 4.31 Å². The van der Waals surface area contributed by atoms with Gasteiger partial charge in [-0.1, -0.05) is 24.3 Å². The minimum atomic E-state index is -4.08. The number of carbonyl (C=O) groups excluding carboxylic acids is 1. The van der Waals surface area contributed by atoms with Crippen LogP contribution >= 0.6 is 0 Å². The first-order valence-corrected chi connectivity index (χ1v) is 7.17. The summed E-state index contributed by atoms with van der Waals surface area (Å²) in [5.41, 5.74) is 0.0185. The molecule has 0 aromatic heterocycles. The summed E-state index contributed by atoms with van der Waals surface area (Å²) in [4.78, 5) is 22.7. The Bertz CT molecular complexity index is 856. The van der Waals surface area contributed by atoms with E-state index in [2.05, 4.69) is 0 Å². The Balaban J connectivity index is 2.27. The Labute approximate surface area is 114 Å². The second kappa shape index (κ2) is 4.04. The molecule has 1 amide bonds. The van der Waals surface area contributed by atoms with E-state index in [1.54, 1.807) is 24.3 Å². The SMILES string of the molecule is O=C(O)CN1C(=O)c2cc3ccccc3cc2S1(=O)=O. The Morgan fingerprint density at radius 2 is 1.75 bits per heavy atom. The van der Waals surface area contributed by atoms with Crippen LogP contribution in [-0.4, -0.2) is 36.3 Å². The van der Waals surface area contributed by atoms with E-state index in [-0.39, 0.29) is 10.5 Å². The molecule has 0 atom stereocenters. The minimum absolute atomic E-state index is 0.0185. The fraction of sp³-hybridized carbons (Fsp3) is 0.0769. The van der Waals surface area contributed by atoms with Crippen molar-refractivity contribution in [2.75, 3.05) is 6.54 Å². The van der Waals surface area contributed by atoms with Gasteiger partial charge in [0.2, 0.25) is 0 Å². The van der Waals surface area contributed by atoms with Crippen LogP contribution in [0, 0.1) is 0 Å². The molecule has 1 aliphatic rings. The molecule has 6 nitrogen and oxygen atoms in total. The summed E-state index contributed by atoms with van der Waals surface area (Å²) in [5.74, 6) is -2.17. The van der Waals surface area contributed by atoms with E-state index in [1.807, 2.05) is 0 Å². The van der Waals surface area contributed by atoms with Gasteiger partial charge in [-0.3, -0.25) is 9.59 Å². The van der Waals surface area contributed by atoms with Gasteiger partial charge >= 0.3 is 5.97 Å². The van der Waals surface area contributed by atoms with Crippen molar-refractivity contribution in [3.63, 3.8) is 0 Å². The van der Waals surface area contributed by atoms with Crippen LogP contribution < -0.4 is 0 Å². The quantitative estimate of drug-likeness (QED) is 0.893. The van der Waals surface area contributed by atoms with Gasteiger partial charge < -0.3 is 5.11 Å². The summed E-state index contributed by atoms with van der Waals surface area (Å²) in [6.45, 7) is -0.869. The van der Waals surface area contributed by atoms with E-state index in [1.165, 1.54) is 12.1 Å². The zero-order chi connectivity index (χ0) is 14.5. The molecule has 1 aliphatic heterocycles. The van der Waals surface area contributed by atoms with Crippen molar-refractivity contribution in [2.45, 2.75) is 4.90 Å². The molecule has 0 radical (unpaired) electrons. The molecule has 20 heavy (non-hydrogen) atoms. The number of benzene rings is 2. The summed E-state index contributed by atoms with van der Waals surface area (Å²) < 4.78 is 24.8. The number of carbonyl (C=O) groups is 2. The summed E-state index contributed by atoms with van der Waals surface area (Å²) in [6.07, 6.45) is 0. The number of hydrogen-bond donors (Lipinski definition) is 1. The number of carboxylic acid groups (broad SMARTS) is 1. The zero-order valence-electron chi connectivity index (χ0n) is 10.1. The van der Waals surface area contributed by atoms with Gasteiger partial charge in [0, 0.05) is 0 Å². The van der Waals surface area contributed by atoms with E-state index in [9.17, 15) is 18.0 Å². The van der Waals surface area contributed by atoms with Gasteiger partial charge in [-0.25, -0.2) is 12.7 Å². The highest BCUT2D eigenvalue weighted by Crippen LogP contribution is 2.33. The lowest BCUT2D eigenvalue weighted by Gasteiger charge is -2.11. The molecule has 1 N–H and O–H groups in total. The molecular weight excluding hydrogens is 282 g/mol. The highest BCUT2D eigenvalue weighted by molar-refractivity contribution is 7.90. The van der Waals surface area contributed by atoms with Gasteiger partial charge in [0.25, 0.3) is 15.9 Å². The number of aliphatic carboxylic acids is 1. The first-order valence-electron chi connectivity index (χ1n) is 5.73. The fourth-order valence-electron chi connectivity index (χ4n) is 2.24. The lowest BCUT2D eigenvalue weighted by Crippen LogP contribution is -2.34. The number of carboxylic acids is 1. The summed E-state index contributed by atoms with van der Waals surface area (Å²) in [5, 5.41) is 10.1. The Morgan fingerprint density at radius 1 is 1.15 bits per heavy atom. The largest absolute Gasteiger partial charge is 0.480 e. The van der Waals surface area contributed by atoms with E-state index < -0.39 is 28.4 Å². The average Bonchev–Trinajstić information content (AvgIpc) is 2.58. The van der Waals surface area contributed by atoms with Crippen molar-refractivity contribution in [3.8, 4) is 0 Å². The normalized spacial score (nSPS) is 16.4. The van der Waals surface area contributed by atoms with Crippen molar-refractivity contribution in [1.29, 1.82) is 0 Å². The highest BCUT2D eigenvalue weighted by Gasteiger charge is 2.42. The van der Waals surface area contributed by atoms with Gasteiger partial charge in [-0.05, 0) is 22.9 Å². The number of fused-ring (bicyclic) bond motifs is 2. The van der Waals surface area contributed by atoms with Crippen LogP contribution in [0.3, 0.4) is 0 Å². The third-order valence-electron chi connectivity index (χ3n) is 3.15. The molecular formula is C13H9NO5S. The first kappa shape index (κ1) is 12.6. The fourth-order valence-corrected chi connectivity index (χ4v) is 3.78. The van der Waals surface area contributed by atoms with Gasteiger partial charge in [0.1, 0.15) is 11.4 Å². The molecule has 3 rings (SSSR count). The first-order chi connectivity index (χ1) is 9.41.